The molecule has 0 unspecified atom stereocenters. The van der Waals surface area contributed by atoms with E-state index in [1.54, 1.807) is 0 Å². The highest BCUT2D eigenvalue weighted by Gasteiger charge is 2.13. The second-order valence-electron chi connectivity index (χ2n) is 5.05. The molecule has 1 heterocycles. The summed E-state index contributed by atoms with van der Waals surface area (Å²) in [6.45, 7) is 6.03. The fraction of sp³-hybridized carbons (Fsp3) is 0.375. The number of carbonyl (C=O) groups is 1. The summed E-state index contributed by atoms with van der Waals surface area (Å²) in [6, 6.07) is 7.96. The van der Waals surface area contributed by atoms with E-state index < -0.39 is 0 Å². The molecule has 4 nitrogen and oxygen atoms in total. The van der Waals surface area contributed by atoms with Crippen molar-refractivity contribution in [3.63, 3.8) is 0 Å². The van der Waals surface area contributed by atoms with Gasteiger partial charge in [0.05, 0.1) is 12.1 Å². The average molecular weight is 271 g/mol. The zero-order valence-electron chi connectivity index (χ0n) is 12.5. The summed E-state index contributed by atoms with van der Waals surface area (Å²) < 4.78 is 1.81. The number of amides is 1. The molecule has 0 bridgehead atoms. The summed E-state index contributed by atoms with van der Waals surface area (Å²) in [6.07, 6.45) is 1.36. The van der Waals surface area contributed by atoms with Crippen molar-refractivity contribution >= 4 is 11.6 Å². The predicted octanol–water partition coefficient (Wildman–Crippen LogP) is 2.78. The van der Waals surface area contributed by atoms with Gasteiger partial charge in [0.2, 0.25) is 5.91 Å². The van der Waals surface area contributed by atoms with Gasteiger partial charge in [-0.05, 0) is 38.0 Å². The summed E-state index contributed by atoms with van der Waals surface area (Å²) in [5, 5.41) is 7.26. The second-order valence-corrected chi connectivity index (χ2v) is 5.05. The molecule has 106 valence electrons. The minimum absolute atomic E-state index is 0.00607. The van der Waals surface area contributed by atoms with Crippen molar-refractivity contribution in [1.29, 1.82) is 0 Å². The number of anilines is 1. The van der Waals surface area contributed by atoms with Crippen molar-refractivity contribution in [2.75, 3.05) is 5.32 Å². The van der Waals surface area contributed by atoms with Crippen LogP contribution in [0.3, 0.4) is 0 Å². The van der Waals surface area contributed by atoms with Crippen molar-refractivity contribution in [3.05, 3.63) is 46.8 Å². The normalized spacial score (nSPS) is 10.6. The van der Waals surface area contributed by atoms with Gasteiger partial charge >= 0.3 is 0 Å². The molecule has 0 aliphatic heterocycles. The summed E-state index contributed by atoms with van der Waals surface area (Å²) in [7, 11) is 1.90. The number of hydrogen-bond donors (Lipinski definition) is 1. The van der Waals surface area contributed by atoms with Gasteiger partial charge in [-0.25, -0.2) is 0 Å². The number of hydrogen-bond acceptors (Lipinski definition) is 2. The minimum Gasteiger partial charge on any atom is -0.326 e. The van der Waals surface area contributed by atoms with Gasteiger partial charge in [-0.1, -0.05) is 19.1 Å². The minimum atomic E-state index is -0.00607. The van der Waals surface area contributed by atoms with Crippen LogP contribution >= 0.6 is 0 Å². The van der Waals surface area contributed by atoms with Gasteiger partial charge in [0, 0.05) is 24.0 Å². The van der Waals surface area contributed by atoms with Crippen LogP contribution in [0.15, 0.2) is 24.3 Å². The Labute approximate surface area is 119 Å². The maximum atomic E-state index is 12.1. The van der Waals surface area contributed by atoms with E-state index >= 15 is 0 Å². The van der Waals surface area contributed by atoms with Gasteiger partial charge in [-0.3, -0.25) is 9.48 Å². The monoisotopic (exact) mass is 271 g/mol. The van der Waals surface area contributed by atoms with Gasteiger partial charge in [0.25, 0.3) is 0 Å². The molecule has 0 atom stereocenters. The second kappa shape index (κ2) is 5.90. The first-order chi connectivity index (χ1) is 9.51. The van der Waals surface area contributed by atoms with Gasteiger partial charge in [-0.15, -0.1) is 0 Å². The SMILES string of the molecule is CCc1ccc(NC(=O)Cc2c(C)nn(C)c2C)cc1. The Bertz CT molecular complexity index is 611. The molecule has 1 aromatic heterocycles. The summed E-state index contributed by atoms with van der Waals surface area (Å²) in [5.74, 6) is -0.00607. The molecule has 0 fully saturated rings. The molecule has 4 heteroatoms. The molecule has 1 aromatic carbocycles. The van der Waals surface area contributed by atoms with Crippen LogP contribution in [0.25, 0.3) is 0 Å². The number of benzene rings is 1. The van der Waals surface area contributed by atoms with Crippen LogP contribution in [0.2, 0.25) is 0 Å². The fourth-order valence-corrected chi connectivity index (χ4v) is 2.26. The molecular weight excluding hydrogens is 250 g/mol. The lowest BCUT2D eigenvalue weighted by Crippen LogP contribution is -2.15. The molecular formula is C16H21N3O. The molecule has 1 amide bonds. The molecule has 0 radical (unpaired) electrons. The van der Waals surface area contributed by atoms with Crippen LogP contribution in [0, 0.1) is 13.8 Å². The lowest BCUT2D eigenvalue weighted by molar-refractivity contribution is -0.115. The Kier molecular flexibility index (Phi) is 4.23. The van der Waals surface area contributed by atoms with Crippen LogP contribution in [0.4, 0.5) is 5.69 Å². The quantitative estimate of drug-likeness (QED) is 0.929. The van der Waals surface area contributed by atoms with Crippen LogP contribution in [0.1, 0.15) is 29.4 Å². The molecule has 2 aromatic rings. The van der Waals surface area contributed by atoms with Gasteiger partial charge in [0.15, 0.2) is 0 Å². The first kappa shape index (κ1) is 14.3. The molecule has 0 spiro atoms. The Morgan fingerprint density at radius 1 is 1.25 bits per heavy atom. The van der Waals surface area contributed by atoms with Crippen molar-refractivity contribution in [2.45, 2.75) is 33.6 Å². The smallest absolute Gasteiger partial charge is 0.228 e. The van der Waals surface area contributed by atoms with E-state index in [1.165, 1.54) is 5.56 Å². The van der Waals surface area contributed by atoms with E-state index in [0.29, 0.717) is 6.42 Å². The highest BCUT2D eigenvalue weighted by molar-refractivity contribution is 5.92. The Hall–Kier alpha value is -2.10. The largest absolute Gasteiger partial charge is 0.326 e. The van der Waals surface area contributed by atoms with Gasteiger partial charge in [-0.2, -0.15) is 5.10 Å². The number of carbonyl (C=O) groups excluding carboxylic acids is 1. The topological polar surface area (TPSA) is 46.9 Å². The Morgan fingerprint density at radius 3 is 2.40 bits per heavy atom. The van der Waals surface area contributed by atoms with Crippen molar-refractivity contribution in [1.82, 2.24) is 9.78 Å². The van der Waals surface area contributed by atoms with Crippen molar-refractivity contribution in [2.24, 2.45) is 7.05 Å². The fourth-order valence-electron chi connectivity index (χ4n) is 2.26. The molecule has 0 aliphatic rings. The predicted molar refractivity (Wildman–Crippen MR) is 80.8 cm³/mol. The van der Waals surface area contributed by atoms with Crippen LogP contribution in [0.5, 0.6) is 0 Å². The number of rotatable bonds is 4. The standard InChI is InChI=1S/C16H21N3O/c1-5-13-6-8-14(9-7-13)17-16(20)10-15-11(2)18-19(4)12(15)3/h6-9H,5,10H2,1-4H3,(H,17,20). The molecule has 20 heavy (non-hydrogen) atoms. The number of aromatic nitrogens is 2. The summed E-state index contributed by atoms with van der Waals surface area (Å²) in [5.41, 5.74) is 5.07. The van der Waals surface area contributed by atoms with Crippen molar-refractivity contribution < 1.29 is 4.79 Å². The third-order valence-corrected chi connectivity index (χ3v) is 3.64. The van der Waals surface area contributed by atoms with E-state index in [-0.39, 0.29) is 5.91 Å². The molecule has 0 saturated heterocycles. The maximum absolute atomic E-state index is 12.1. The zero-order valence-corrected chi connectivity index (χ0v) is 12.5. The van der Waals surface area contributed by atoms with E-state index in [0.717, 1.165) is 29.1 Å². The molecule has 0 saturated carbocycles. The number of nitrogens with one attached hydrogen (secondary N) is 1. The third kappa shape index (κ3) is 3.07. The van der Waals surface area contributed by atoms with Crippen LogP contribution < -0.4 is 5.32 Å². The first-order valence-corrected chi connectivity index (χ1v) is 6.89. The molecule has 2 rings (SSSR count). The average Bonchev–Trinajstić information content (AvgIpc) is 2.66. The van der Waals surface area contributed by atoms with E-state index in [2.05, 4.69) is 17.3 Å². The highest BCUT2D eigenvalue weighted by Crippen LogP contribution is 2.15. The van der Waals surface area contributed by atoms with Crippen LogP contribution in [-0.2, 0) is 24.7 Å². The lowest BCUT2D eigenvalue weighted by atomic mass is 10.1. The maximum Gasteiger partial charge on any atom is 0.228 e. The van der Waals surface area contributed by atoms with Gasteiger partial charge in [0.1, 0.15) is 0 Å². The lowest BCUT2D eigenvalue weighted by Gasteiger charge is -2.06. The van der Waals surface area contributed by atoms with Crippen molar-refractivity contribution in [3.8, 4) is 0 Å². The van der Waals surface area contributed by atoms with Crippen LogP contribution in [-0.4, -0.2) is 15.7 Å². The zero-order chi connectivity index (χ0) is 14.7. The number of nitrogens with zero attached hydrogens (tertiary/aromatic N) is 2. The van der Waals surface area contributed by atoms with E-state index in [9.17, 15) is 4.79 Å². The number of aryl methyl sites for hydroxylation is 3. The summed E-state index contributed by atoms with van der Waals surface area (Å²) in [4.78, 5) is 12.1. The Morgan fingerprint density at radius 2 is 1.90 bits per heavy atom. The summed E-state index contributed by atoms with van der Waals surface area (Å²) >= 11 is 0. The molecule has 1 N–H and O–H groups in total. The first-order valence-electron chi connectivity index (χ1n) is 6.89. The molecule has 0 aliphatic carbocycles. The highest BCUT2D eigenvalue weighted by atomic mass is 16.1. The third-order valence-electron chi connectivity index (χ3n) is 3.64. The Balaban J connectivity index is 2.05. The van der Waals surface area contributed by atoms with Gasteiger partial charge < -0.3 is 5.32 Å². The van der Waals surface area contributed by atoms with E-state index in [4.69, 9.17) is 0 Å². The van der Waals surface area contributed by atoms with E-state index in [1.807, 2.05) is 49.8 Å².